The van der Waals surface area contributed by atoms with E-state index in [1.54, 1.807) is 6.92 Å². The van der Waals surface area contributed by atoms with Gasteiger partial charge in [-0.15, -0.1) is 0 Å². The quantitative estimate of drug-likeness (QED) is 0.185. The molecule has 1 saturated heterocycles. The second-order valence-electron chi connectivity index (χ2n) is 14.7. The minimum Gasteiger partial charge on any atom is -0.466 e. The minimum atomic E-state index is -4.58. The number of rotatable bonds is 8. The molecule has 3 rings (SSSR count). The summed E-state index contributed by atoms with van der Waals surface area (Å²) in [7, 11) is -7.32. The Kier molecular flexibility index (Phi) is 9.92. The van der Waals surface area contributed by atoms with Crippen molar-refractivity contribution in [1.82, 2.24) is 9.13 Å². The first kappa shape index (κ1) is 37.1. The number of esters is 1. The SMILES string of the molecule is COC(=O)/C=C/C1=C(N)C2(OS1(=O)=O)C(CO[Si](C)(C)C(C)(C)C)OC(n1cc(C)c(=O)n(C)c1=O)C2O[Si](C)(C)C(C)(C)C. The van der Waals surface area contributed by atoms with Crippen LogP contribution in [-0.2, 0) is 44.5 Å². The van der Waals surface area contributed by atoms with Crippen molar-refractivity contribution >= 4 is 32.7 Å². The number of ether oxygens (including phenoxy) is 2. The molecule has 0 radical (unpaired) electrons. The predicted octanol–water partition coefficient (Wildman–Crippen LogP) is 3.16. The Morgan fingerprint density at radius 3 is 2.16 bits per heavy atom. The number of nitrogens with two attached hydrogens (primary N) is 1. The highest BCUT2D eigenvalue weighted by molar-refractivity contribution is 7.91. The average molecular weight is 688 g/mol. The van der Waals surface area contributed by atoms with Crippen LogP contribution in [-0.4, -0.2) is 71.7 Å². The van der Waals surface area contributed by atoms with Crippen LogP contribution in [0.15, 0.2) is 38.5 Å². The number of aryl methyl sites for hydroxylation is 1. The monoisotopic (exact) mass is 687 g/mol. The fourth-order valence-corrected chi connectivity index (χ4v) is 8.38. The van der Waals surface area contributed by atoms with Crippen LogP contribution in [0.2, 0.25) is 36.3 Å². The lowest BCUT2D eigenvalue weighted by Crippen LogP contribution is -2.59. The summed E-state index contributed by atoms with van der Waals surface area (Å²) in [6.45, 7) is 21.6. The van der Waals surface area contributed by atoms with Gasteiger partial charge >= 0.3 is 11.7 Å². The maximum Gasteiger partial charge on any atom is 0.332 e. The molecule has 2 aliphatic heterocycles. The number of hydrogen-bond donors (Lipinski definition) is 1. The van der Waals surface area contributed by atoms with Crippen molar-refractivity contribution in [2.24, 2.45) is 12.8 Å². The van der Waals surface area contributed by atoms with Gasteiger partial charge in [-0.2, -0.15) is 8.42 Å². The zero-order valence-electron chi connectivity index (χ0n) is 28.6. The lowest BCUT2D eigenvalue weighted by atomic mass is 9.88. The predicted molar refractivity (Wildman–Crippen MR) is 175 cm³/mol. The van der Waals surface area contributed by atoms with Gasteiger partial charge in [0.2, 0.25) is 0 Å². The molecule has 1 aromatic rings. The zero-order valence-corrected chi connectivity index (χ0v) is 31.5. The third-order valence-corrected chi connectivity index (χ3v) is 20.0. The molecular weight excluding hydrogens is 639 g/mol. The first-order chi connectivity index (χ1) is 20.2. The van der Waals surface area contributed by atoms with Gasteiger partial charge in [0.05, 0.1) is 19.4 Å². The van der Waals surface area contributed by atoms with Gasteiger partial charge in [0, 0.05) is 24.9 Å². The minimum absolute atomic E-state index is 0.145. The van der Waals surface area contributed by atoms with E-state index >= 15 is 0 Å². The fourth-order valence-electron chi connectivity index (χ4n) is 4.69. The highest BCUT2D eigenvalue weighted by atomic mass is 32.2. The summed E-state index contributed by atoms with van der Waals surface area (Å²) in [5.74, 6) is -0.800. The Labute approximate surface area is 267 Å². The van der Waals surface area contributed by atoms with Crippen LogP contribution in [0.5, 0.6) is 0 Å². The second kappa shape index (κ2) is 12.0. The summed E-state index contributed by atoms with van der Waals surface area (Å²) < 4.78 is 60.3. The van der Waals surface area contributed by atoms with E-state index in [2.05, 4.69) is 25.5 Å². The smallest absolute Gasteiger partial charge is 0.332 e. The number of carbonyl (C=O) groups excluding carboxylic acids is 1. The van der Waals surface area contributed by atoms with Gasteiger partial charge in [0.25, 0.3) is 15.7 Å². The van der Waals surface area contributed by atoms with Gasteiger partial charge < -0.3 is 24.1 Å². The zero-order chi connectivity index (χ0) is 34.7. The molecule has 254 valence electrons. The number of hydrogen-bond acceptors (Lipinski definition) is 11. The molecule has 0 aliphatic carbocycles. The fraction of sp³-hybridized carbons (Fsp3) is 0.690. The van der Waals surface area contributed by atoms with Crippen molar-refractivity contribution in [3.05, 3.63) is 55.4 Å². The molecule has 1 spiro atoms. The second-order valence-corrected chi connectivity index (χ2v) is 25.8. The molecule has 16 heteroatoms. The van der Waals surface area contributed by atoms with Crippen LogP contribution >= 0.6 is 0 Å². The Bertz CT molecular complexity index is 1630. The largest absolute Gasteiger partial charge is 0.466 e. The number of methoxy groups -OCH3 is 1. The molecule has 2 N–H and O–H groups in total. The van der Waals surface area contributed by atoms with E-state index in [0.717, 1.165) is 23.8 Å². The van der Waals surface area contributed by atoms with Gasteiger partial charge in [0.15, 0.2) is 28.5 Å². The van der Waals surface area contributed by atoms with Gasteiger partial charge in [-0.05, 0) is 49.3 Å². The van der Waals surface area contributed by atoms with E-state index < -0.39 is 72.9 Å². The van der Waals surface area contributed by atoms with Crippen molar-refractivity contribution in [2.45, 2.75) is 109 Å². The van der Waals surface area contributed by atoms with Gasteiger partial charge in [-0.25, -0.2) is 13.8 Å². The molecule has 0 aromatic carbocycles. The number of nitrogens with zero attached hydrogens (tertiary/aromatic N) is 2. The van der Waals surface area contributed by atoms with E-state index in [1.165, 1.54) is 17.8 Å². The Morgan fingerprint density at radius 1 is 1.09 bits per heavy atom. The van der Waals surface area contributed by atoms with E-state index in [4.69, 9.17) is 23.5 Å². The van der Waals surface area contributed by atoms with E-state index in [-0.39, 0.29) is 27.9 Å². The molecule has 0 amide bonds. The summed E-state index contributed by atoms with van der Waals surface area (Å²) >= 11 is 0. The topological polar surface area (TPSA) is 167 Å². The molecule has 4 atom stereocenters. The van der Waals surface area contributed by atoms with E-state index in [0.29, 0.717) is 0 Å². The van der Waals surface area contributed by atoms with Crippen molar-refractivity contribution in [3.63, 3.8) is 0 Å². The standard InChI is InChI=1S/C29H49N3O10SSi2/c1-18-16-32(26(35)31(8)24(18)34)25-23(41-45(12,13)28(5,6)7)29(20(40-25)17-39-44(10,11)27(2,3)4)22(30)19(43(36,37)42-29)14-15-21(33)38-9/h14-16,20,23,25H,17,30H2,1-13H3/b15-14+. The van der Waals surface area contributed by atoms with E-state index in [9.17, 15) is 22.8 Å². The molecule has 4 unspecified atom stereocenters. The number of carbonyl (C=O) groups is 1. The van der Waals surface area contributed by atoms with Crippen LogP contribution in [0.4, 0.5) is 0 Å². The van der Waals surface area contributed by atoms with Crippen LogP contribution in [0.3, 0.4) is 0 Å². The molecule has 45 heavy (non-hydrogen) atoms. The van der Waals surface area contributed by atoms with Gasteiger partial charge in [0.1, 0.15) is 17.1 Å². The third kappa shape index (κ3) is 6.60. The highest BCUT2D eigenvalue weighted by Gasteiger charge is 2.68. The summed E-state index contributed by atoms with van der Waals surface area (Å²) in [5, 5.41) is -0.582. The maximum atomic E-state index is 13.7. The van der Waals surface area contributed by atoms with Crippen LogP contribution in [0.1, 0.15) is 53.3 Å². The molecule has 3 heterocycles. The summed E-state index contributed by atoms with van der Waals surface area (Å²) in [4.78, 5) is 37.7. The van der Waals surface area contributed by atoms with Crippen molar-refractivity contribution in [1.29, 1.82) is 0 Å². The Morgan fingerprint density at radius 2 is 1.64 bits per heavy atom. The lowest BCUT2D eigenvalue weighted by Gasteiger charge is -2.43. The number of allylic oxidation sites excluding steroid dienone is 1. The van der Waals surface area contributed by atoms with Crippen molar-refractivity contribution in [2.75, 3.05) is 13.7 Å². The normalized spacial score (nSPS) is 25.9. The Hall–Kier alpha value is -2.35. The van der Waals surface area contributed by atoms with E-state index in [1.807, 2.05) is 47.0 Å². The van der Waals surface area contributed by atoms with Crippen molar-refractivity contribution < 1.29 is 35.7 Å². The lowest BCUT2D eigenvalue weighted by molar-refractivity contribution is -0.134. The number of aromatic nitrogens is 2. The molecule has 2 aliphatic rings. The molecule has 1 fully saturated rings. The van der Waals surface area contributed by atoms with Crippen LogP contribution in [0.25, 0.3) is 0 Å². The highest BCUT2D eigenvalue weighted by Crippen LogP contribution is 2.53. The molecular formula is C29H49N3O10SSi2. The van der Waals surface area contributed by atoms with Gasteiger partial charge in [-0.3, -0.25) is 13.9 Å². The summed E-state index contributed by atoms with van der Waals surface area (Å²) in [6, 6.07) is 0. The molecule has 0 bridgehead atoms. The average Bonchev–Trinajstić information content (AvgIpc) is 3.29. The molecule has 0 saturated carbocycles. The first-order valence-corrected chi connectivity index (χ1v) is 22.0. The molecule has 1 aromatic heterocycles. The summed E-state index contributed by atoms with van der Waals surface area (Å²) in [6.07, 6.45) is -0.432. The maximum absolute atomic E-state index is 13.7. The summed E-state index contributed by atoms with van der Waals surface area (Å²) in [5.41, 5.74) is 3.57. The third-order valence-electron chi connectivity index (χ3n) is 9.63. The first-order valence-electron chi connectivity index (χ1n) is 14.7. The van der Waals surface area contributed by atoms with Crippen molar-refractivity contribution in [3.8, 4) is 0 Å². The Balaban J connectivity index is 2.41. The molecule has 13 nitrogen and oxygen atoms in total. The van der Waals surface area contributed by atoms with Crippen LogP contribution in [0, 0.1) is 6.92 Å². The van der Waals surface area contributed by atoms with Crippen LogP contribution < -0.4 is 17.0 Å². The van der Waals surface area contributed by atoms with Gasteiger partial charge in [-0.1, -0.05) is 41.5 Å².